The molecule has 80 valence electrons. The molecule has 0 aliphatic carbocycles. The normalized spacial score (nSPS) is 19.7. The lowest BCUT2D eigenvalue weighted by atomic mass is 9.93. The van der Waals surface area contributed by atoms with Gasteiger partial charge in [-0.2, -0.15) is 0 Å². The fraction of sp³-hybridized carbons (Fsp3) is 0.300. The van der Waals surface area contributed by atoms with Gasteiger partial charge in [0.05, 0.1) is 5.92 Å². The molecule has 2 rings (SSSR count). The fourth-order valence-corrected chi connectivity index (χ4v) is 1.66. The number of carbonyl (C=O) groups excluding carboxylic acids is 1. The molecule has 3 N–H and O–H groups in total. The van der Waals surface area contributed by atoms with Gasteiger partial charge in [-0.15, -0.1) is 0 Å². The lowest BCUT2D eigenvalue weighted by molar-refractivity contribution is -0.119. The number of anilines is 1. The molecule has 0 bridgehead atoms. The number of fused-ring (bicyclic) bond motifs is 1. The number of carbonyl (C=O) groups is 1. The number of benzene rings is 1. The smallest absolute Gasteiger partial charge is 0.229 e. The summed E-state index contributed by atoms with van der Waals surface area (Å²) in [5.41, 5.74) is 6.31. The van der Waals surface area contributed by atoms with E-state index in [2.05, 4.69) is 5.32 Å². The van der Waals surface area contributed by atoms with E-state index in [1.165, 1.54) is 0 Å². The summed E-state index contributed by atoms with van der Waals surface area (Å²) in [4.78, 5) is 11.4. The van der Waals surface area contributed by atoms with E-state index in [0.717, 1.165) is 12.1 Å². The molecule has 0 saturated heterocycles. The molecule has 1 amide bonds. The first-order chi connectivity index (χ1) is 7.11. The minimum Gasteiger partial charge on any atom is -0.330 e. The standard InChI is InChI=1S/C10H10F2N2O/c11-7-2-5-1-6(4-13)10(15)14-9(5)3-8(7)12/h2-3,6H,1,4,13H2,(H,14,15). The maximum absolute atomic E-state index is 12.9. The summed E-state index contributed by atoms with van der Waals surface area (Å²) < 4.78 is 25.8. The molecule has 1 atom stereocenters. The first-order valence-electron chi connectivity index (χ1n) is 4.60. The Bertz CT molecular complexity index is 420. The molecule has 0 spiro atoms. The van der Waals surface area contributed by atoms with Gasteiger partial charge in [0.2, 0.25) is 5.91 Å². The molecular formula is C10H10F2N2O. The van der Waals surface area contributed by atoms with Gasteiger partial charge in [0.15, 0.2) is 11.6 Å². The van der Waals surface area contributed by atoms with Crippen molar-refractivity contribution < 1.29 is 13.6 Å². The molecule has 0 saturated carbocycles. The van der Waals surface area contributed by atoms with E-state index in [-0.39, 0.29) is 18.4 Å². The molecular weight excluding hydrogens is 202 g/mol. The Morgan fingerprint density at radius 2 is 2.07 bits per heavy atom. The monoisotopic (exact) mass is 212 g/mol. The Morgan fingerprint density at radius 3 is 2.73 bits per heavy atom. The predicted molar refractivity (Wildman–Crippen MR) is 51.2 cm³/mol. The van der Waals surface area contributed by atoms with Crippen LogP contribution in [-0.4, -0.2) is 12.5 Å². The van der Waals surface area contributed by atoms with Crippen LogP contribution in [0.5, 0.6) is 0 Å². The van der Waals surface area contributed by atoms with Gasteiger partial charge >= 0.3 is 0 Å². The van der Waals surface area contributed by atoms with Crippen LogP contribution >= 0.6 is 0 Å². The lowest BCUT2D eigenvalue weighted by Gasteiger charge is -2.23. The number of nitrogens with two attached hydrogens (primary N) is 1. The van der Waals surface area contributed by atoms with E-state index in [1.807, 2.05) is 0 Å². The second-order valence-electron chi connectivity index (χ2n) is 3.55. The van der Waals surface area contributed by atoms with Crippen molar-refractivity contribution in [2.24, 2.45) is 11.7 Å². The van der Waals surface area contributed by atoms with E-state index in [9.17, 15) is 13.6 Å². The van der Waals surface area contributed by atoms with Crippen LogP contribution in [0.1, 0.15) is 5.56 Å². The zero-order valence-corrected chi connectivity index (χ0v) is 7.89. The van der Waals surface area contributed by atoms with Crippen molar-refractivity contribution >= 4 is 11.6 Å². The van der Waals surface area contributed by atoms with Gasteiger partial charge in [-0.1, -0.05) is 0 Å². The maximum Gasteiger partial charge on any atom is 0.229 e. The molecule has 1 aromatic rings. The highest BCUT2D eigenvalue weighted by Gasteiger charge is 2.26. The van der Waals surface area contributed by atoms with Crippen molar-refractivity contribution in [3.8, 4) is 0 Å². The fourth-order valence-electron chi connectivity index (χ4n) is 1.66. The Balaban J connectivity index is 2.41. The zero-order valence-electron chi connectivity index (χ0n) is 7.89. The number of halogens is 2. The minimum absolute atomic E-state index is 0.199. The molecule has 1 heterocycles. The zero-order chi connectivity index (χ0) is 11.0. The molecule has 0 radical (unpaired) electrons. The average molecular weight is 212 g/mol. The third-order valence-electron chi connectivity index (χ3n) is 2.53. The molecule has 3 nitrogen and oxygen atoms in total. The van der Waals surface area contributed by atoms with E-state index < -0.39 is 11.6 Å². The number of hydrogen-bond donors (Lipinski definition) is 2. The lowest BCUT2D eigenvalue weighted by Crippen LogP contribution is -2.35. The molecule has 5 heteroatoms. The summed E-state index contributed by atoms with van der Waals surface area (Å²) in [7, 11) is 0. The van der Waals surface area contributed by atoms with Crippen molar-refractivity contribution in [3.05, 3.63) is 29.3 Å². The number of amides is 1. The highest BCUT2D eigenvalue weighted by Crippen LogP contribution is 2.27. The largest absolute Gasteiger partial charge is 0.330 e. The van der Waals surface area contributed by atoms with Gasteiger partial charge in [0, 0.05) is 18.3 Å². The van der Waals surface area contributed by atoms with Crippen LogP contribution in [0, 0.1) is 17.6 Å². The van der Waals surface area contributed by atoms with Crippen LogP contribution in [0.25, 0.3) is 0 Å². The first-order valence-corrected chi connectivity index (χ1v) is 4.60. The van der Waals surface area contributed by atoms with Gasteiger partial charge in [-0.05, 0) is 18.1 Å². The maximum atomic E-state index is 12.9. The SMILES string of the molecule is NCC1Cc2cc(F)c(F)cc2NC1=O. The second kappa shape index (κ2) is 3.58. The summed E-state index contributed by atoms with van der Waals surface area (Å²) in [6.45, 7) is 0.199. The van der Waals surface area contributed by atoms with E-state index >= 15 is 0 Å². The van der Waals surface area contributed by atoms with Crippen LogP contribution in [0.4, 0.5) is 14.5 Å². The summed E-state index contributed by atoms with van der Waals surface area (Å²) >= 11 is 0. The van der Waals surface area contributed by atoms with Crippen LogP contribution in [0.3, 0.4) is 0 Å². The summed E-state index contributed by atoms with van der Waals surface area (Å²) in [5.74, 6) is -2.46. The topological polar surface area (TPSA) is 55.1 Å². The average Bonchev–Trinajstić information content (AvgIpc) is 2.20. The molecule has 1 aromatic carbocycles. The van der Waals surface area contributed by atoms with E-state index in [1.54, 1.807) is 0 Å². The molecule has 0 aromatic heterocycles. The number of hydrogen-bond acceptors (Lipinski definition) is 2. The van der Waals surface area contributed by atoms with Crippen LogP contribution in [-0.2, 0) is 11.2 Å². The van der Waals surface area contributed by atoms with Gasteiger partial charge in [-0.3, -0.25) is 4.79 Å². The third kappa shape index (κ3) is 1.70. The van der Waals surface area contributed by atoms with Crippen molar-refractivity contribution in [3.63, 3.8) is 0 Å². The second-order valence-corrected chi connectivity index (χ2v) is 3.55. The Kier molecular flexibility index (Phi) is 2.40. The van der Waals surface area contributed by atoms with Crippen molar-refractivity contribution in [2.45, 2.75) is 6.42 Å². The minimum atomic E-state index is -0.958. The van der Waals surface area contributed by atoms with Crippen molar-refractivity contribution in [1.82, 2.24) is 0 Å². The molecule has 1 aliphatic heterocycles. The summed E-state index contributed by atoms with van der Waals surface area (Å²) in [6, 6.07) is 2.10. The quantitative estimate of drug-likeness (QED) is 0.730. The molecule has 15 heavy (non-hydrogen) atoms. The molecule has 1 aliphatic rings. The molecule has 1 unspecified atom stereocenters. The van der Waals surface area contributed by atoms with Gasteiger partial charge in [-0.25, -0.2) is 8.78 Å². The van der Waals surface area contributed by atoms with Crippen molar-refractivity contribution in [1.29, 1.82) is 0 Å². The molecule has 0 fully saturated rings. The predicted octanol–water partition coefficient (Wildman–Crippen LogP) is 1.03. The summed E-state index contributed by atoms with van der Waals surface area (Å²) in [6.07, 6.45) is 0.356. The Morgan fingerprint density at radius 1 is 1.40 bits per heavy atom. The highest BCUT2D eigenvalue weighted by molar-refractivity contribution is 5.95. The Hall–Kier alpha value is -1.49. The van der Waals surface area contributed by atoms with Gasteiger partial charge in [0.25, 0.3) is 0 Å². The number of nitrogens with one attached hydrogen (secondary N) is 1. The third-order valence-corrected chi connectivity index (χ3v) is 2.53. The summed E-state index contributed by atoms with van der Waals surface area (Å²) in [5, 5.41) is 2.50. The van der Waals surface area contributed by atoms with Crippen LogP contribution < -0.4 is 11.1 Å². The van der Waals surface area contributed by atoms with Gasteiger partial charge < -0.3 is 11.1 Å². The first kappa shape index (κ1) is 10.0. The van der Waals surface area contributed by atoms with Crippen LogP contribution in [0.15, 0.2) is 12.1 Å². The van der Waals surface area contributed by atoms with Crippen molar-refractivity contribution in [2.75, 3.05) is 11.9 Å². The van der Waals surface area contributed by atoms with E-state index in [0.29, 0.717) is 17.7 Å². The highest BCUT2D eigenvalue weighted by atomic mass is 19.2. The Labute approximate surface area is 85.3 Å². The van der Waals surface area contributed by atoms with E-state index in [4.69, 9.17) is 5.73 Å². The number of rotatable bonds is 1. The van der Waals surface area contributed by atoms with Gasteiger partial charge in [0.1, 0.15) is 0 Å². The van der Waals surface area contributed by atoms with Crippen LogP contribution in [0.2, 0.25) is 0 Å².